The number of aromatic nitrogens is 3. The van der Waals surface area contributed by atoms with E-state index in [2.05, 4.69) is 10.1 Å². The van der Waals surface area contributed by atoms with Gasteiger partial charge in [-0.1, -0.05) is 24.3 Å². The highest BCUT2D eigenvalue weighted by atomic mass is 31.2. The Bertz CT molecular complexity index is 1840. The van der Waals surface area contributed by atoms with Gasteiger partial charge in [0, 0.05) is 23.1 Å². The smallest absolute Gasteiger partial charge is 0.349 e. The number of oxazole rings is 1. The number of primary amides is 1. The lowest BCUT2D eigenvalue weighted by atomic mass is 10.1. The number of methoxy groups -OCH3 is 1. The molecule has 0 bridgehead atoms. The molecule has 0 saturated carbocycles. The predicted molar refractivity (Wildman–Crippen MR) is 161 cm³/mol. The van der Waals surface area contributed by atoms with Crippen molar-refractivity contribution in [2.75, 3.05) is 7.11 Å². The van der Waals surface area contributed by atoms with Crippen LogP contribution in [0.5, 0.6) is 17.4 Å². The molecule has 3 aromatic carbocycles. The van der Waals surface area contributed by atoms with Crippen LogP contribution in [-0.4, -0.2) is 37.6 Å². The molecular weight excluding hydrogens is 587 g/mol. The first-order chi connectivity index (χ1) is 21.1. The summed E-state index contributed by atoms with van der Waals surface area (Å²) in [6, 6.07) is 21.2. The number of carbonyl (C=O) groups is 1. The minimum absolute atomic E-state index is 0.0967. The molecule has 0 aliphatic heterocycles. The molecule has 0 aliphatic rings. The lowest BCUT2D eigenvalue weighted by molar-refractivity contribution is 0.1000. The maximum atomic E-state index is 11.4. The second kappa shape index (κ2) is 13.0. The third-order valence-electron chi connectivity index (χ3n) is 6.45. The number of hydrogen-bond acceptors (Lipinski definition) is 8. The summed E-state index contributed by atoms with van der Waals surface area (Å²) >= 11 is 0. The Labute approximate surface area is 252 Å². The van der Waals surface area contributed by atoms with E-state index in [0.29, 0.717) is 45.5 Å². The Morgan fingerprint density at radius 2 is 1.77 bits per heavy atom. The molecule has 0 aliphatic carbocycles. The number of carbonyl (C=O) groups excluding carboxylic acids is 1. The van der Waals surface area contributed by atoms with Crippen molar-refractivity contribution in [1.82, 2.24) is 14.8 Å². The summed E-state index contributed by atoms with van der Waals surface area (Å²) in [4.78, 5) is 34.5. The van der Waals surface area contributed by atoms with Crippen LogP contribution in [0.4, 0.5) is 0 Å². The van der Waals surface area contributed by atoms with Crippen molar-refractivity contribution >= 4 is 19.6 Å². The molecule has 5 aromatic rings. The van der Waals surface area contributed by atoms with Gasteiger partial charge in [0.2, 0.25) is 17.7 Å². The lowest BCUT2D eigenvalue weighted by Gasteiger charge is -2.12. The van der Waals surface area contributed by atoms with Gasteiger partial charge in [-0.2, -0.15) is 0 Å². The highest BCUT2D eigenvalue weighted by Gasteiger charge is 2.16. The van der Waals surface area contributed by atoms with Gasteiger partial charge in [0.05, 0.1) is 18.4 Å². The zero-order chi connectivity index (χ0) is 31.3. The normalized spacial score (nSPS) is 11.5. The second-order valence-corrected chi connectivity index (χ2v) is 11.1. The van der Waals surface area contributed by atoms with Gasteiger partial charge >= 0.3 is 7.60 Å². The van der Waals surface area contributed by atoms with Crippen molar-refractivity contribution < 1.29 is 37.8 Å². The van der Waals surface area contributed by atoms with E-state index in [9.17, 15) is 19.1 Å². The molecule has 1 amide bonds. The summed E-state index contributed by atoms with van der Waals surface area (Å²) in [7, 11) is -2.87. The van der Waals surface area contributed by atoms with E-state index in [4.69, 9.17) is 24.4 Å². The Morgan fingerprint density at radius 3 is 2.45 bits per heavy atom. The van der Waals surface area contributed by atoms with Gasteiger partial charge in [0.1, 0.15) is 24.7 Å². The average Bonchev–Trinajstić information content (AvgIpc) is 3.61. The maximum absolute atomic E-state index is 11.4. The molecule has 4 N–H and O–H groups in total. The van der Waals surface area contributed by atoms with Gasteiger partial charge in [-0.25, -0.2) is 9.67 Å². The van der Waals surface area contributed by atoms with Crippen molar-refractivity contribution in [1.29, 1.82) is 0 Å². The average molecular weight is 617 g/mol. The summed E-state index contributed by atoms with van der Waals surface area (Å²) in [5.41, 5.74) is 8.89. The fourth-order valence-electron chi connectivity index (χ4n) is 4.17. The molecule has 0 fully saturated rings. The largest absolute Gasteiger partial charge is 0.493 e. The van der Waals surface area contributed by atoms with Crippen molar-refractivity contribution in [2.45, 2.75) is 20.1 Å². The monoisotopic (exact) mass is 616 g/mol. The molecule has 226 valence electrons. The summed E-state index contributed by atoms with van der Waals surface area (Å²) in [6.07, 6.45) is 2.91. The third kappa shape index (κ3) is 7.42. The number of benzene rings is 3. The Kier molecular flexibility index (Phi) is 8.96. The van der Waals surface area contributed by atoms with Gasteiger partial charge in [-0.15, -0.1) is 5.10 Å². The number of para-hydroxylation sites is 1. The molecular formula is C31H29N4O8P. The van der Waals surface area contributed by atoms with Crippen LogP contribution in [0.15, 0.2) is 89.2 Å². The van der Waals surface area contributed by atoms with E-state index in [1.807, 2.05) is 30.3 Å². The molecule has 12 nitrogen and oxygen atoms in total. The molecule has 0 spiro atoms. The van der Waals surface area contributed by atoms with Gasteiger partial charge in [-0.3, -0.25) is 9.36 Å². The van der Waals surface area contributed by atoms with Crippen molar-refractivity contribution in [3.63, 3.8) is 0 Å². The van der Waals surface area contributed by atoms with E-state index in [0.717, 1.165) is 17.1 Å². The SMILES string of the molecule is COc1cc(COc2nn(-c3ccccc3)cc2/C=C/P(=O)(O)O)ccc1OCc1nc(-c2ccc(C(N)=O)cc2)oc1C. The first kappa shape index (κ1) is 30.3. The van der Waals surface area contributed by atoms with Crippen molar-refractivity contribution in [3.05, 3.63) is 113 Å². The number of amides is 1. The van der Waals surface area contributed by atoms with Crippen LogP contribution in [-0.2, 0) is 17.8 Å². The van der Waals surface area contributed by atoms with Crippen LogP contribution < -0.4 is 19.9 Å². The van der Waals surface area contributed by atoms with Crippen LogP contribution in [0, 0.1) is 6.92 Å². The summed E-state index contributed by atoms with van der Waals surface area (Å²) in [5, 5.41) is 4.46. The van der Waals surface area contributed by atoms with Crippen LogP contribution in [0.2, 0.25) is 0 Å². The Balaban J connectivity index is 1.28. The molecule has 0 saturated heterocycles. The maximum Gasteiger partial charge on any atom is 0.349 e. The topological polar surface area (TPSA) is 172 Å². The summed E-state index contributed by atoms with van der Waals surface area (Å²) in [5.74, 6) is 2.40. The van der Waals surface area contributed by atoms with Crippen molar-refractivity contribution in [3.8, 4) is 34.5 Å². The Hall–Kier alpha value is -5.16. The van der Waals surface area contributed by atoms with E-state index >= 15 is 0 Å². The van der Waals surface area contributed by atoms with Gasteiger partial charge < -0.3 is 34.1 Å². The quantitative estimate of drug-likeness (QED) is 0.157. The Morgan fingerprint density at radius 1 is 1.02 bits per heavy atom. The van der Waals surface area contributed by atoms with Gasteiger partial charge in [0.25, 0.3) is 0 Å². The number of hydrogen-bond donors (Lipinski definition) is 3. The highest BCUT2D eigenvalue weighted by Crippen LogP contribution is 2.38. The first-order valence-corrected chi connectivity index (χ1v) is 15.0. The fourth-order valence-corrected chi connectivity index (χ4v) is 4.52. The van der Waals surface area contributed by atoms with Crippen LogP contribution >= 0.6 is 7.60 Å². The zero-order valence-electron chi connectivity index (χ0n) is 23.8. The molecule has 0 radical (unpaired) electrons. The van der Waals surface area contributed by atoms with Crippen LogP contribution in [0.1, 0.15) is 32.9 Å². The predicted octanol–water partition coefficient (Wildman–Crippen LogP) is 5.25. The summed E-state index contributed by atoms with van der Waals surface area (Å²) in [6.45, 7) is 2.00. The molecule has 5 rings (SSSR count). The first-order valence-electron chi connectivity index (χ1n) is 13.3. The van der Waals surface area contributed by atoms with Gasteiger partial charge in [-0.05, 0) is 67.1 Å². The second-order valence-electron chi connectivity index (χ2n) is 9.60. The van der Waals surface area contributed by atoms with Crippen molar-refractivity contribution in [2.24, 2.45) is 5.73 Å². The molecule has 13 heteroatoms. The summed E-state index contributed by atoms with van der Waals surface area (Å²) < 4.78 is 36.3. The molecule has 0 atom stereocenters. The lowest BCUT2D eigenvalue weighted by Crippen LogP contribution is -2.10. The van der Waals surface area contributed by atoms with E-state index < -0.39 is 13.5 Å². The number of nitrogens with two attached hydrogens (primary N) is 1. The fraction of sp³-hybridized carbons (Fsp3) is 0.129. The van der Waals surface area contributed by atoms with E-state index in [1.54, 1.807) is 60.3 Å². The zero-order valence-corrected chi connectivity index (χ0v) is 24.7. The number of aryl methyl sites for hydroxylation is 1. The number of nitrogens with zero attached hydrogens (tertiary/aromatic N) is 3. The minimum Gasteiger partial charge on any atom is -0.493 e. The number of ether oxygens (including phenoxy) is 3. The van der Waals surface area contributed by atoms with Crippen LogP contribution in [0.3, 0.4) is 0 Å². The molecule has 44 heavy (non-hydrogen) atoms. The molecule has 2 heterocycles. The van der Waals surface area contributed by atoms with Gasteiger partial charge in [0.15, 0.2) is 11.5 Å². The molecule has 2 aromatic heterocycles. The standard InChI is InChI=1S/C31H29N4O8P/c1-20-26(33-30(43-20)23-11-9-22(10-12-23)29(32)36)19-41-27-13-8-21(16-28(27)40-2)18-42-31-24(14-15-44(37,38)39)17-35(34-31)25-6-4-3-5-7-25/h3-17H,18-19H2,1-2H3,(H2,32,36)(H2,37,38,39)/b15-14+. The minimum atomic E-state index is -4.39. The third-order valence-corrected chi connectivity index (χ3v) is 6.99. The van der Waals surface area contributed by atoms with E-state index in [1.165, 1.54) is 13.2 Å². The number of rotatable bonds is 12. The highest BCUT2D eigenvalue weighted by molar-refractivity contribution is 7.55. The van der Waals surface area contributed by atoms with Crippen LogP contribution in [0.25, 0.3) is 23.2 Å². The van der Waals surface area contributed by atoms with E-state index in [-0.39, 0.29) is 19.1 Å². The molecule has 0 unspecified atom stereocenters.